The first-order valence-corrected chi connectivity index (χ1v) is 6.69. The summed E-state index contributed by atoms with van der Waals surface area (Å²) in [4.78, 5) is 16.4. The number of carbonyl (C=O) groups is 1. The normalized spacial score (nSPS) is 10.4. The summed E-state index contributed by atoms with van der Waals surface area (Å²) in [6.45, 7) is 2.14. The van der Waals surface area contributed by atoms with Crippen molar-refractivity contribution in [1.29, 1.82) is 0 Å². The van der Waals surface area contributed by atoms with Crippen LogP contribution in [-0.2, 0) is 12.8 Å². The number of nitrogens with zero attached hydrogens (tertiary/aromatic N) is 1. The van der Waals surface area contributed by atoms with E-state index in [4.69, 9.17) is 0 Å². The lowest BCUT2D eigenvalue weighted by Crippen LogP contribution is -2.03. The minimum absolute atomic E-state index is 0.138. The highest BCUT2D eigenvalue weighted by Crippen LogP contribution is 2.14. The monoisotopic (exact) mass is 245 g/mol. The molecule has 0 unspecified atom stereocenters. The van der Waals surface area contributed by atoms with Crippen LogP contribution < -0.4 is 0 Å². The summed E-state index contributed by atoms with van der Waals surface area (Å²) >= 11 is 1.65. The Labute approximate surface area is 105 Å². The molecular weight excluding hydrogens is 230 g/mol. The first kappa shape index (κ1) is 12.0. The van der Waals surface area contributed by atoms with Gasteiger partial charge in [0.05, 0.1) is 17.1 Å². The van der Waals surface area contributed by atoms with Crippen molar-refractivity contribution in [3.63, 3.8) is 0 Å². The van der Waals surface area contributed by atoms with Gasteiger partial charge in [-0.05, 0) is 12.8 Å². The molecule has 0 saturated carbocycles. The molecule has 0 fully saturated rings. The Bertz CT molecular complexity index is 490. The van der Waals surface area contributed by atoms with Crippen LogP contribution >= 0.6 is 11.3 Å². The van der Waals surface area contributed by atoms with Gasteiger partial charge in [0, 0.05) is 10.9 Å². The Kier molecular flexibility index (Phi) is 4.04. The van der Waals surface area contributed by atoms with Crippen molar-refractivity contribution in [1.82, 2.24) is 4.98 Å². The maximum absolute atomic E-state index is 11.9. The van der Waals surface area contributed by atoms with Crippen molar-refractivity contribution < 1.29 is 4.79 Å². The molecule has 0 atom stereocenters. The molecule has 1 aromatic heterocycles. The number of ketones is 1. The van der Waals surface area contributed by atoms with E-state index in [0.29, 0.717) is 6.42 Å². The van der Waals surface area contributed by atoms with Crippen LogP contribution in [0.5, 0.6) is 0 Å². The second kappa shape index (κ2) is 5.73. The summed E-state index contributed by atoms with van der Waals surface area (Å²) in [6, 6.07) is 9.38. The van der Waals surface area contributed by atoms with E-state index in [2.05, 4.69) is 11.9 Å². The van der Waals surface area contributed by atoms with Gasteiger partial charge in [0.1, 0.15) is 0 Å². The summed E-state index contributed by atoms with van der Waals surface area (Å²) in [7, 11) is 0. The largest absolute Gasteiger partial charge is 0.294 e. The van der Waals surface area contributed by atoms with Crippen LogP contribution in [0.15, 0.2) is 35.7 Å². The molecule has 0 N–H and O–H groups in total. The zero-order valence-electron chi connectivity index (χ0n) is 9.85. The molecule has 1 aromatic carbocycles. The second-order valence-electron chi connectivity index (χ2n) is 3.95. The molecule has 3 heteroatoms. The zero-order chi connectivity index (χ0) is 12.1. The Morgan fingerprint density at radius 2 is 2.06 bits per heavy atom. The molecule has 0 spiro atoms. The quantitative estimate of drug-likeness (QED) is 0.754. The minimum Gasteiger partial charge on any atom is -0.294 e. The lowest BCUT2D eigenvalue weighted by atomic mass is 10.1. The smallest absolute Gasteiger partial charge is 0.168 e. The van der Waals surface area contributed by atoms with Gasteiger partial charge < -0.3 is 0 Å². The zero-order valence-corrected chi connectivity index (χ0v) is 10.7. The third kappa shape index (κ3) is 3.24. The molecule has 17 heavy (non-hydrogen) atoms. The molecule has 0 bridgehead atoms. The number of aryl methyl sites for hydroxylation is 1. The summed E-state index contributed by atoms with van der Waals surface area (Å²) in [5.74, 6) is 0.138. The van der Waals surface area contributed by atoms with Gasteiger partial charge >= 0.3 is 0 Å². The van der Waals surface area contributed by atoms with E-state index >= 15 is 0 Å². The van der Waals surface area contributed by atoms with Crippen LogP contribution in [0, 0.1) is 0 Å². The molecule has 2 aromatic rings. The number of aromatic nitrogens is 1. The maximum Gasteiger partial charge on any atom is 0.168 e. The standard InChI is InChI=1S/C14H15NOS/c1-2-6-14-15-12(10-17-14)9-13(16)11-7-4-3-5-8-11/h3-5,7-8,10H,2,6,9H2,1H3. The van der Waals surface area contributed by atoms with Crippen molar-refractivity contribution in [2.75, 3.05) is 0 Å². The predicted molar refractivity (Wildman–Crippen MR) is 70.6 cm³/mol. The van der Waals surface area contributed by atoms with Crippen molar-refractivity contribution in [3.8, 4) is 0 Å². The average molecular weight is 245 g/mol. The van der Waals surface area contributed by atoms with E-state index < -0.39 is 0 Å². The molecule has 2 nitrogen and oxygen atoms in total. The number of hydrogen-bond donors (Lipinski definition) is 0. The summed E-state index contributed by atoms with van der Waals surface area (Å²) < 4.78 is 0. The van der Waals surface area contributed by atoms with Crippen LogP contribution in [0.2, 0.25) is 0 Å². The fraction of sp³-hybridized carbons (Fsp3) is 0.286. The summed E-state index contributed by atoms with van der Waals surface area (Å²) in [5.41, 5.74) is 1.66. The highest BCUT2D eigenvalue weighted by Gasteiger charge is 2.09. The fourth-order valence-corrected chi connectivity index (χ4v) is 2.55. The molecule has 0 radical (unpaired) electrons. The molecule has 0 aliphatic carbocycles. The summed E-state index contributed by atoms with van der Waals surface area (Å²) in [6.07, 6.45) is 2.51. The number of carbonyl (C=O) groups excluding carboxylic acids is 1. The van der Waals surface area contributed by atoms with Crippen LogP contribution in [-0.4, -0.2) is 10.8 Å². The van der Waals surface area contributed by atoms with Crippen LogP contribution in [0.4, 0.5) is 0 Å². The summed E-state index contributed by atoms with van der Waals surface area (Å²) in [5, 5.41) is 3.12. The van der Waals surface area contributed by atoms with Crippen LogP contribution in [0.1, 0.15) is 34.4 Å². The Balaban J connectivity index is 2.03. The van der Waals surface area contributed by atoms with Gasteiger partial charge in [-0.2, -0.15) is 0 Å². The van der Waals surface area contributed by atoms with Gasteiger partial charge in [0.15, 0.2) is 5.78 Å². The van der Waals surface area contributed by atoms with Crippen molar-refractivity contribution in [2.24, 2.45) is 0 Å². The SMILES string of the molecule is CCCc1nc(CC(=O)c2ccccc2)cs1. The molecule has 0 amide bonds. The highest BCUT2D eigenvalue weighted by molar-refractivity contribution is 7.09. The number of benzene rings is 1. The minimum atomic E-state index is 0.138. The van der Waals surface area contributed by atoms with E-state index in [1.54, 1.807) is 11.3 Å². The van der Waals surface area contributed by atoms with Crippen molar-refractivity contribution >= 4 is 17.1 Å². The Morgan fingerprint density at radius 1 is 1.29 bits per heavy atom. The Morgan fingerprint density at radius 3 is 2.76 bits per heavy atom. The van der Waals surface area contributed by atoms with Gasteiger partial charge in [0.25, 0.3) is 0 Å². The predicted octanol–water partition coefficient (Wildman–Crippen LogP) is 3.52. The molecule has 0 aliphatic rings. The van der Waals surface area contributed by atoms with E-state index in [1.165, 1.54) is 0 Å². The van der Waals surface area contributed by atoms with Crippen molar-refractivity contribution in [2.45, 2.75) is 26.2 Å². The maximum atomic E-state index is 11.9. The molecule has 2 rings (SSSR count). The fourth-order valence-electron chi connectivity index (χ4n) is 1.65. The molecule has 88 valence electrons. The topological polar surface area (TPSA) is 30.0 Å². The van der Waals surface area contributed by atoms with Gasteiger partial charge in [-0.3, -0.25) is 4.79 Å². The second-order valence-corrected chi connectivity index (χ2v) is 4.89. The van der Waals surface area contributed by atoms with Gasteiger partial charge in [-0.25, -0.2) is 4.98 Å². The van der Waals surface area contributed by atoms with Crippen LogP contribution in [0.25, 0.3) is 0 Å². The lowest BCUT2D eigenvalue weighted by Gasteiger charge is -1.97. The van der Waals surface area contributed by atoms with Crippen molar-refractivity contribution in [3.05, 3.63) is 52.0 Å². The van der Waals surface area contributed by atoms with E-state index in [0.717, 1.165) is 29.1 Å². The third-order valence-corrected chi connectivity index (χ3v) is 3.46. The van der Waals surface area contributed by atoms with E-state index in [-0.39, 0.29) is 5.78 Å². The Hall–Kier alpha value is -1.48. The van der Waals surface area contributed by atoms with Gasteiger partial charge in [-0.15, -0.1) is 11.3 Å². The number of rotatable bonds is 5. The lowest BCUT2D eigenvalue weighted by molar-refractivity contribution is 0.0992. The van der Waals surface area contributed by atoms with Gasteiger partial charge in [0.2, 0.25) is 0 Å². The number of thiazole rings is 1. The molecular formula is C14H15NOS. The molecule has 0 aliphatic heterocycles. The number of hydrogen-bond acceptors (Lipinski definition) is 3. The number of Topliss-reactive ketones (excluding diaryl/α,β-unsaturated/α-hetero) is 1. The first-order valence-electron chi connectivity index (χ1n) is 5.81. The first-order chi connectivity index (χ1) is 8.29. The average Bonchev–Trinajstić information content (AvgIpc) is 2.78. The third-order valence-electron chi connectivity index (χ3n) is 2.50. The van der Waals surface area contributed by atoms with Gasteiger partial charge in [-0.1, -0.05) is 37.3 Å². The molecule has 0 saturated heterocycles. The molecule has 1 heterocycles. The van der Waals surface area contributed by atoms with E-state index in [9.17, 15) is 4.79 Å². The van der Waals surface area contributed by atoms with E-state index in [1.807, 2.05) is 35.7 Å². The van der Waals surface area contributed by atoms with Crippen LogP contribution in [0.3, 0.4) is 0 Å². The highest BCUT2D eigenvalue weighted by atomic mass is 32.1.